The molecule has 4 atom stereocenters. The molecule has 2 aliphatic carbocycles. The van der Waals surface area contributed by atoms with E-state index in [0.717, 1.165) is 38.5 Å². The number of aliphatic hydroxyl groups excluding tert-OH is 1. The molecule has 1 aromatic heterocycles. The van der Waals surface area contributed by atoms with E-state index in [2.05, 4.69) is 13.8 Å². The van der Waals surface area contributed by atoms with Gasteiger partial charge in [-0.1, -0.05) is 19.9 Å². The molecule has 1 aromatic rings. The molecule has 0 saturated heterocycles. The number of carboxylic acids is 1. The van der Waals surface area contributed by atoms with Crippen molar-refractivity contribution in [2.45, 2.75) is 52.4 Å². The molecule has 1 saturated carbocycles. The van der Waals surface area contributed by atoms with Crippen LogP contribution in [0.2, 0.25) is 0 Å². The SMILES string of the molecule is C[C@@H]1CC[C@@]2(CO)C(C(=O)O)=CCC[C@@H]2[C@]1(C)CCc1ccoc1. The van der Waals surface area contributed by atoms with Crippen LogP contribution in [-0.2, 0) is 11.2 Å². The van der Waals surface area contributed by atoms with E-state index < -0.39 is 11.4 Å². The van der Waals surface area contributed by atoms with E-state index in [-0.39, 0.29) is 17.9 Å². The van der Waals surface area contributed by atoms with Gasteiger partial charge in [-0.3, -0.25) is 0 Å². The van der Waals surface area contributed by atoms with Gasteiger partial charge in [0.15, 0.2) is 0 Å². The summed E-state index contributed by atoms with van der Waals surface area (Å²) in [6.45, 7) is 4.52. The Balaban J connectivity index is 1.93. The highest BCUT2D eigenvalue weighted by Gasteiger charge is 2.57. The maximum atomic E-state index is 11.8. The van der Waals surface area contributed by atoms with Gasteiger partial charge in [-0.15, -0.1) is 0 Å². The van der Waals surface area contributed by atoms with Crippen LogP contribution in [0.3, 0.4) is 0 Å². The molecule has 4 heteroatoms. The third kappa shape index (κ3) is 2.61. The molecule has 0 unspecified atom stereocenters. The van der Waals surface area contributed by atoms with Crippen LogP contribution < -0.4 is 0 Å². The maximum absolute atomic E-state index is 11.8. The van der Waals surface area contributed by atoms with Crippen LogP contribution in [0.4, 0.5) is 0 Å². The second-order valence-electron chi connectivity index (χ2n) is 7.94. The van der Waals surface area contributed by atoms with Crippen LogP contribution >= 0.6 is 0 Å². The summed E-state index contributed by atoms with van der Waals surface area (Å²) in [6.07, 6.45) is 10.8. The van der Waals surface area contributed by atoms with Crippen molar-refractivity contribution in [2.75, 3.05) is 6.61 Å². The number of rotatable bonds is 5. The number of furan rings is 1. The summed E-state index contributed by atoms with van der Waals surface area (Å²) in [4.78, 5) is 11.8. The largest absolute Gasteiger partial charge is 0.478 e. The van der Waals surface area contributed by atoms with Gasteiger partial charge in [-0.25, -0.2) is 4.79 Å². The Bertz CT molecular complexity index is 618. The van der Waals surface area contributed by atoms with Gasteiger partial charge in [0.2, 0.25) is 0 Å². The summed E-state index contributed by atoms with van der Waals surface area (Å²) in [5.41, 5.74) is 1.07. The van der Waals surface area contributed by atoms with Gasteiger partial charge >= 0.3 is 5.97 Å². The quantitative estimate of drug-likeness (QED) is 0.853. The first-order valence-electron chi connectivity index (χ1n) is 9.00. The third-order valence-electron chi connectivity index (χ3n) is 7.00. The number of hydrogen-bond acceptors (Lipinski definition) is 3. The number of allylic oxidation sites excluding steroid dienone is 1. The molecule has 1 heterocycles. The van der Waals surface area contributed by atoms with Crippen LogP contribution in [0.15, 0.2) is 34.7 Å². The molecule has 0 radical (unpaired) electrons. The molecular formula is C20H28O4. The number of aliphatic carboxylic acids is 1. The van der Waals surface area contributed by atoms with Gasteiger partial charge in [-0.2, -0.15) is 0 Å². The van der Waals surface area contributed by atoms with E-state index in [1.54, 1.807) is 12.5 Å². The zero-order valence-corrected chi connectivity index (χ0v) is 14.6. The lowest BCUT2D eigenvalue weighted by atomic mass is 9.46. The van der Waals surface area contributed by atoms with Crippen LogP contribution in [0, 0.1) is 22.7 Å². The summed E-state index contributed by atoms with van der Waals surface area (Å²) in [5.74, 6) is -0.135. The first-order valence-corrected chi connectivity index (χ1v) is 9.00. The fourth-order valence-electron chi connectivity index (χ4n) is 5.32. The highest BCUT2D eigenvalue weighted by atomic mass is 16.4. The molecule has 24 heavy (non-hydrogen) atoms. The number of aryl methyl sites for hydroxylation is 1. The van der Waals surface area contributed by atoms with Gasteiger partial charge < -0.3 is 14.6 Å². The van der Waals surface area contributed by atoms with Gasteiger partial charge in [0.25, 0.3) is 0 Å². The Morgan fingerprint density at radius 2 is 2.21 bits per heavy atom. The summed E-state index contributed by atoms with van der Waals surface area (Å²) < 4.78 is 5.18. The first kappa shape index (κ1) is 17.3. The van der Waals surface area contributed by atoms with E-state index in [4.69, 9.17) is 4.42 Å². The fourth-order valence-corrected chi connectivity index (χ4v) is 5.32. The third-order valence-corrected chi connectivity index (χ3v) is 7.00. The van der Waals surface area contributed by atoms with Crippen LogP contribution in [0.25, 0.3) is 0 Å². The van der Waals surface area contributed by atoms with Crippen LogP contribution in [-0.4, -0.2) is 22.8 Å². The number of fused-ring (bicyclic) bond motifs is 1. The number of carbonyl (C=O) groups is 1. The Kier molecular flexibility index (Phi) is 4.60. The predicted octanol–water partition coefficient (Wildman–Crippen LogP) is 4.05. The Hall–Kier alpha value is -1.55. The van der Waals surface area contributed by atoms with Crippen molar-refractivity contribution in [2.24, 2.45) is 22.7 Å². The van der Waals surface area contributed by atoms with Crippen molar-refractivity contribution in [1.82, 2.24) is 0 Å². The lowest BCUT2D eigenvalue weighted by Crippen LogP contribution is -2.54. The molecule has 0 bridgehead atoms. The monoisotopic (exact) mass is 332 g/mol. The molecule has 0 spiro atoms. The molecule has 0 amide bonds. The second kappa shape index (κ2) is 6.40. The minimum Gasteiger partial charge on any atom is -0.478 e. The summed E-state index contributed by atoms with van der Waals surface area (Å²) in [5, 5.41) is 19.9. The van der Waals surface area contributed by atoms with Gasteiger partial charge in [0, 0.05) is 11.0 Å². The minimum absolute atomic E-state index is 0.0210. The molecule has 0 aliphatic heterocycles. The molecule has 4 nitrogen and oxygen atoms in total. The second-order valence-corrected chi connectivity index (χ2v) is 7.94. The predicted molar refractivity (Wildman–Crippen MR) is 91.5 cm³/mol. The van der Waals surface area contributed by atoms with E-state index in [1.807, 2.05) is 12.1 Å². The average Bonchev–Trinajstić information content (AvgIpc) is 3.09. The number of aliphatic hydroxyl groups is 1. The fraction of sp³-hybridized carbons (Fsp3) is 0.650. The van der Waals surface area contributed by atoms with E-state index in [0.29, 0.717) is 11.5 Å². The average molecular weight is 332 g/mol. The topological polar surface area (TPSA) is 70.7 Å². The van der Waals surface area contributed by atoms with Crippen LogP contribution in [0.1, 0.15) is 51.5 Å². The van der Waals surface area contributed by atoms with Gasteiger partial charge in [0.05, 0.1) is 19.1 Å². The molecule has 0 aromatic carbocycles. The Morgan fingerprint density at radius 3 is 2.83 bits per heavy atom. The molecule has 132 valence electrons. The Labute approximate surface area is 143 Å². The van der Waals surface area contributed by atoms with Gasteiger partial charge in [0.1, 0.15) is 0 Å². The smallest absolute Gasteiger partial charge is 0.331 e. The molecular weight excluding hydrogens is 304 g/mol. The summed E-state index contributed by atoms with van der Waals surface area (Å²) in [7, 11) is 0. The van der Waals surface area contributed by atoms with E-state index >= 15 is 0 Å². The van der Waals surface area contributed by atoms with Crippen molar-refractivity contribution < 1.29 is 19.4 Å². The van der Waals surface area contributed by atoms with Crippen molar-refractivity contribution >= 4 is 5.97 Å². The highest BCUT2D eigenvalue weighted by Crippen LogP contribution is 2.61. The van der Waals surface area contributed by atoms with E-state index in [9.17, 15) is 15.0 Å². The van der Waals surface area contributed by atoms with Crippen LogP contribution in [0.5, 0.6) is 0 Å². The van der Waals surface area contributed by atoms with Crippen molar-refractivity contribution in [1.29, 1.82) is 0 Å². The zero-order chi connectivity index (χ0) is 17.4. The van der Waals surface area contributed by atoms with E-state index in [1.165, 1.54) is 5.56 Å². The molecule has 3 rings (SSSR count). The summed E-state index contributed by atoms with van der Waals surface area (Å²) >= 11 is 0. The standard InChI is InChI=1S/C20H28O4/c1-14-6-10-20(13-21)16(18(22)23)4-3-5-17(20)19(14,2)9-7-15-8-11-24-12-15/h4,8,11-12,14,17,21H,3,5-7,9-10,13H2,1-2H3,(H,22,23)/t14-,17-,19-,20-/m1/s1. The zero-order valence-electron chi connectivity index (χ0n) is 14.6. The lowest BCUT2D eigenvalue weighted by molar-refractivity contribution is -0.139. The minimum atomic E-state index is -0.861. The van der Waals surface area contributed by atoms with Crippen molar-refractivity contribution in [3.05, 3.63) is 35.8 Å². The lowest BCUT2D eigenvalue weighted by Gasteiger charge is -2.58. The maximum Gasteiger partial charge on any atom is 0.331 e. The van der Waals surface area contributed by atoms with Crippen molar-refractivity contribution in [3.63, 3.8) is 0 Å². The molecule has 1 fully saturated rings. The summed E-state index contributed by atoms with van der Waals surface area (Å²) in [6, 6.07) is 2.00. The first-order chi connectivity index (χ1) is 11.4. The highest BCUT2D eigenvalue weighted by molar-refractivity contribution is 5.88. The molecule has 2 N–H and O–H groups in total. The van der Waals surface area contributed by atoms with Gasteiger partial charge in [-0.05, 0) is 67.4 Å². The number of carboxylic acid groups (broad SMARTS) is 1. The van der Waals surface area contributed by atoms with Crippen molar-refractivity contribution in [3.8, 4) is 0 Å². The number of hydrogen-bond donors (Lipinski definition) is 2. The molecule has 2 aliphatic rings. The Morgan fingerprint density at radius 1 is 1.42 bits per heavy atom. The normalized spacial score (nSPS) is 36.0.